The maximum atomic E-state index is 13.5. The molecule has 6 heteroatoms. The molecule has 0 radical (unpaired) electrons. The molecule has 1 nitrogen and oxygen atoms in total. The topological polar surface area (TPSA) is 3.24 Å². The number of hydrogen-bond donors (Lipinski definition) is 0. The Morgan fingerprint density at radius 2 is 1.88 bits per heavy atom. The Morgan fingerprint density at radius 3 is 2.52 bits per heavy atom. The van der Waals surface area contributed by atoms with Crippen molar-refractivity contribution in [1.82, 2.24) is 0 Å². The van der Waals surface area contributed by atoms with E-state index in [4.69, 9.17) is 11.6 Å². The highest BCUT2D eigenvalue weighted by Gasteiger charge is 2.36. The van der Waals surface area contributed by atoms with Crippen molar-refractivity contribution in [1.29, 1.82) is 0 Å². The summed E-state index contributed by atoms with van der Waals surface area (Å²) in [5.41, 5.74) is 0.558. The van der Waals surface area contributed by atoms with Gasteiger partial charge in [-0.25, -0.2) is 4.39 Å². The van der Waals surface area contributed by atoms with E-state index in [0.717, 1.165) is 18.1 Å². The highest BCUT2D eigenvalue weighted by Crippen LogP contribution is 2.41. The van der Waals surface area contributed by atoms with Crippen molar-refractivity contribution < 1.29 is 17.6 Å². The number of anilines is 1. The van der Waals surface area contributed by atoms with E-state index in [0.29, 0.717) is 18.8 Å². The highest BCUT2D eigenvalue weighted by molar-refractivity contribution is 6.31. The van der Waals surface area contributed by atoms with Crippen LogP contribution in [0.15, 0.2) is 42.5 Å². The van der Waals surface area contributed by atoms with E-state index < -0.39 is 11.7 Å². The van der Waals surface area contributed by atoms with Crippen LogP contribution in [-0.2, 0) is 6.18 Å². The van der Waals surface area contributed by atoms with Crippen LogP contribution in [0.4, 0.5) is 23.2 Å². The number of hydrogen-bond acceptors (Lipinski definition) is 1. The van der Waals surface area contributed by atoms with Gasteiger partial charge in [0, 0.05) is 24.7 Å². The van der Waals surface area contributed by atoms with E-state index in [-0.39, 0.29) is 22.7 Å². The van der Waals surface area contributed by atoms with Crippen LogP contribution in [0.5, 0.6) is 0 Å². The fourth-order valence-corrected chi connectivity index (χ4v) is 3.76. The molecule has 0 bridgehead atoms. The minimum atomic E-state index is -4.49. The van der Waals surface area contributed by atoms with Crippen molar-refractivity contribution in [2.75, 3.05) is 18.0 Å². The van der Waals surface area contributed by atoms with Crippen molar-refractivity contribution in [2.45, 2.75) is 25.4 Å². The molecule has 0 amide bonds. The van der Waals surface area contributed by atoms with Gasteiger partial charge in [0.15, 0.2) is 0 Å². The molecule has 1 saturated heterocycles. The molecule has 1 heterocycles. The summed E-state index contributed by atoms with van der Waals surface area (Å²) in [5.74, 6) is 0.0502. The smallest absolute Gasteiger partial charge is 0.371 e. The summed E-state index contributed by atoms with van der Waals surface area (Å²) < 4.78 is 52.8. The van der Waals surface area contributed by atoms with Crippen LogP contribution in [0.3, 0.4) is 0 Å². The van der Waals surface area contributed by atoms with E-state index in [9.17, 15) is 17.6 Å². The number of benzene rings is 2. The van der Waals surface area contributed by atoms with E-state index in [1.807, 2.05) is 17.9 Å². The minimum absolute atomic E-state index is 0.0886. The van der Waals surface area contributed by atoms with Gasteiger partial charge in [-0.1, -0.05) is 37.1 Å². The minimum Gasteiger partial charge on any atom is -0.371 e. The molecule has 0 N–H and O–H groups in total. The van der Waals surface area contributed by atoms with Crippen molar-refractivity contribution in [3.8, 4) is 0 Å². The molecule has 25 heavy (non-hydrogen) atoms. The number of nitrogens with zero attached hydrogens (tertiary/aromatic N) is 1. The average Bonchev–Trinajstić information content (AvgIpc) is 2.98. The lowest BCUT2D eigenvalue weighted by Gasteiger charge is -2.21. The molecule has 0 aliphatic carbocycles. The quantitative estimate of drug-likeness (QED) is 0.587. The van der Waals surface area contributed by atoms with E-state index >= 15 is 0 Å². The average molecular weight is 372 g/mol. The molecule has 2 aromatic carbocycles. The van der Waals surface area contributed by atoms with Gasteiger partial charge in [0.2, 0.25) is 0 Å². The summed E-state index contributed by atoms with van der Waals surface area (Å²) in [7, 11) is 0. The molecule has 0 saturated carbocycles. The van der Waals surface area contributed by atoms with Gasteiger partial charge in [0.1, 0.15) is 5.82 Å². The van der Waals surface area contributed by atoms with Gasteiger partial charge in [-0.3, -0.25) is 0 Å². The van der Waals surface area contributed by atoms with Crippen LogP contribution >= 0.6 is 11.6 Å². The molecular formula is C19H18ClF4N. The molecule has 3 rings (SSSR count). The first-order chi connectivity index (χ1) is 11.8. The molecule has 2 atom stereocenters. The van der Waals surface area contributed by atoms with Gasteiger partial charge in [0.25, 0.3) is 0 Å². The van der Waals surface area contributed by atoms with E-state index in [1.54, 1.807) is 12.1 Å². The summed E-state index contributed by atoms with van der Waals surface area (Å²) in [6.45, 7) is 3.24. The number of halogens is 5. The van der Waals surface area contributed by atoms with Crippen molar-refractivity contribution in [2.24, 2.45) is 5.92 Å². The Balaban J connectivity index is 1.90. The Hall–Kier alpha value is -1.75. The van der Waals surface area contributed by atoms with Crippen LogP contribution in [0, 0.1) is 11.7 Å². The predicted molar refractivity (Wildman–Crippen MR) is 91.6 cm³/mol. The molecule has 134 valence electrons. The predicted octanol–water partition coefficient (Wildman–Crippen LogP) is 6.13. The lowest BCUT2D eigenvalue weighted by Crippen LogP contribution is -2.20. The van der Waals surface area contributed by atoms with E-state index in [1.165, 1.54) is 18.2 Å². The third-order valence-electron chi connectivity index (χ3n) is 4.86. The van der Waals surface area contributed by atoms with E-state index in [2.05, 4.69) is 0 Å². The maximum absolute atomic E-state index is 13.5. The Morgan fingerprint density at radius 1 is 1.12 bits per heavy atom. The molecular weight excluding hydrogens is 354 g/mol. The largest absolute Gasteiger partial charge is 0.417 e. The first-order valence-corrected chi connectivity index (χ1v) is 8.54. The molecule has 2 unspecified atom stereocenters. The number of rotatable bonds is 3. The lowest BCUT2D eigenvalue weighted by molar-refractivity contribution is -0.137. The fraction of sp³-hybridized carbons (Fsp3) is 0.368. The normalized spacial score (nSPS) is 21.0. The van der Waals surface area contributed by atoms with Crippen LogP contribution in [0.25, 0.3) is 0 Å². The third kappa shape index (κ3) is 3.76. The monoisotopic (exact) mass is 371 g/mol. The summed E-state index contributed by atoms with van der Waals surface area (Å²) in [6.07, 6.45) is -3.61. The van der Waals surface area contributed by atoms with Gasteiger partial charge in [-0.2, -0.15) is 13.2 Å². The zero-order chi connectivity index (χ0) is 18.2. The molecule has 1 aliphatic rings. The molecule has 1 aliphatic heterocycles. The first-order valence-electron chi connectivity index (χ1n) is 8.16. The SMILES string of the molecule is CCC1CN(c2ccc(Cl)c(C(F)(F)F)c2)CC1c1cccc(F)c1. The van der Waals surface area contributed by atoms with Gasteiger partial charge in [-0.15, -0.1) is 0 Å². The van der Waals surface area contributed by atoms with Gasteiger partial charge < -0.3 is 4.90 Å². The zero-order valence-electron chi connectivity index (χ0n) is 13.7. The van der Waals surface area contributed by atoms with Crippen molar-refractivity contribution in [3.63, 3.8) is 0 Å². The summed E-state index contributed by atoms with van der Waals surface area (Å²) >= 11 is 5.71. The van der Waals surface area contributed by atoms with Crippen LogP contribution in [0.2, 0.25) is 5.02 Å². The summed E-state index contributed by atoms with van der Waals surface area (Å²) in [6, 6.07) is 10.5. The molecule has 0 spiro atoms. The Labute approximate surface area is 149 Å². The lowest BCUT2D eigenvalue weighted by atomic mass is 9.87. The summed E-state index contributed by atoms with van der Waals surface area (Å²) in [4.78, 5) is 1.93. The third-order valence-corrected chi connectivity index (χ3v) is 5.19. The van der Waals surface area contributed by atoms with Crippen molar-refractivity contribution >= 4 is 17.3 Å². The van der Waals surface area contributed by atoms with Gasteiger partial charge in [-0.05, 0) is 41.8 Å². The molecule has 1 fully saturated rings. The molecule has 2 aromatic rings. The van der Waals surface area contributed by atoms with Crippen LogP contribution in [-0.4, -0.2) is 13.1 Å². The maximum Gasteiger partial charge on any atom is 0.417 e. The van der Waals surface area contributed by atoms with Crippen LogP contribution < -0.4 is 4.90 Å². The van der Waals surface area contributed by atoms with Gasteiger partial charge in [0.05, 0.1) is 10.6 Å². The van der Waals surface area contributed by atoms with Crippen LogP contribution in [0.1, 0.15) is 30.4 Å². The standard InChI is InChI=1S/C19H18ClF4N/c1-2-12-10-25(11-16(12)13-4-3-5-14(21)8-13)15-6-7-18(20)17(9-15)19(22,23)24/h3-9,12,16H,2,10-11H2,1H3. The first kappa shape index (κ1) is 18.1. The number of alkyl halides is 3. The Bertz CT molecular complexity index is 759. The highest BCUT2D eigenvalue weighted by atomic mass is 35.5. The zero-order valence-corrected chi connectivity index (χ0v) is 14.4. The second kappa shape index (κ2) is 6.87. The molecule has 0 aromatic heterocycles. The second-order valence-corrected chi connectivity index (χ2v) is 6.80. The Kier molecular flexibility index (Phi) is 4.96. The second-order valence-electron chi connectivity index (χ2n) is 6.40. The van der Waals surface area contributed by atoms with Gasteiger partial charge >= 0.3 is 6.18 Å². The van der Waals surface area contributed by atoms with Crippen molar-refractivity contribution in [3.05, 3.63) is 64.4 Å². The summed E-state index contributed by atoms with van der Waals surface area (Å²) in [5, 5.41) is -0.302. The fourth-order valence-electron chi connectivity index (χ4n) is 3.54.